The lowest BCUT2D eigenvalue weighted by molar-refractivity contribution is 0.0956. The van der Waals surface area contributed by atoms with Crippen LogP contribution < -0.4 is 19.5 Å². The molecule has 1 heterocycles. The number of carbonyl (C=O) groups excluding carboxylic acids is 1. The minimum Gasteiger partial charge on any atom is -0.497 e. The number of hydrogen-bond donors (Lipinski definition) is 2. The normalized spacial score (nSPS) is 13.5. The van der Waals surface area contributed by atoms with E-state index in [0.717, 1.165) is 36.1 Å². The summed E-state index contributed by atoms with van der Waals surface area (Å²) >= 11 is 1.34. The van der Waals surface area contributed by atoms with Crippen LogP contribution in [0, 0.1) is 0 Å². The van der Waals surface area contributed by atoms with E-state index < -0.39 is 10.0 Å². The number of hydrogen-bond acceptors (Lipinski definition) is 6. The van der Waals surface area contributed by atoms with Gasteiger partial charge < -0.3 is 14.8 Å². The lowest BCUT2D eigenvalue weighted by atomic mass is 9.95. The molecule has 0 radical (unpaired) electrons. The zero-order valence-corrected chi connectivity index (χ0v) is 17.8. The molecule has 1 aliphatic carbocycles. The van der Waals surface area contributed by atoms with E-state index in [1.807, 2.05) is 6.92 Å². The minimum absolute atomic E-state index is 0.0393. The number of aryl methyl sites for hydroxylation is 1. The molecule has 1 aliphatic rings. The number of fused-ring (bicyclic) bond motifs is 1. The lowest BCUT2D eigenvalue weighted by Gasteiger charge is -2.14. The third kappa shape index (κ3) is 3.95. The second-order valence-electron chi connectivity index (χ2n) is 6.40. The van der Waals surface area contributed by atoms with Gasteiger partial charge in [-0.25, -0.2) is 8.42 Å². The molecule has 152 valence electrons. The van der Waals surface area contributed by atoms with Gasteiger partial charge in [0.2, 0.25) is 0 Å². The van der Waals surface area contributed by atoms with Crippen molar-refractivity contribution in [2.45, 2.75) is 37.5 Å². The zero-order chi connectivity index (χ0) is 20.3. The number of carbonyl (C=O) groups is 1. The Hall–Kier alpha value is -2.26. The molecule has 2 aromatic rings. The number of amides is 1. The van der Waals surface area contributed by atoms with Crippen LogP contribution in [0.15, 0.2) is 23.1 Å². The summed E-state index contributed by atoms with van der Waals surface area (Å²) < 4.78 is 39.2. The molecule has 0 fully saturated rings. The fourth-order valence-corrected chi connectivity index (χ4v) is 6.08. The Kier molecular flexibility index (Phi) is 6.14. The molecule has 0 spiro atoms. The van der Waals surface area contributed by atoms with Crippen molar-refractivity contribution in [3.63, 3.8) is 0 Å². The first-order valence-electron chi connectivity index (χ1n) is 9.08. The number of sulfonamides is 1. The summed E-state index contributed by atoms with van der Waals surface area (Å²) in [5.41, 5.74) is 1.39. The smallest absolute Gasteiger partial charge is 0.266 e. The molecule has 0 bridgehead atoms. The van der Waals surface area contributed by atoms with Crippen LogP contribution in [0.3, 0.4) is 0 Å². The highest BCUT2D eigenvalue weighted by atomic mass is 32.2. The van der Waals surface area contributed by atoms with Crippen LogP contribution in [-0.4, -0.2) is 35.1 Å². The van der Waals surface area contributed by atoms with Crippen molar-refractivity contribution >= 4 is 32.3 Å². The number of methoxy groups -OCH3 is 2. The molecule has 2 N–H and O–H groups in total. The fourth-order valence-electron chi connectivity index (χ4n) is 3.30. The second kappa shape index (κ2) is 8.40. The molecule has 0 saturated heterocycles. The molecule has 0 aliphatic heterocycles. The van der Waals surface area contributed by atoms with E-state index in [1.54, 1.807) is 6.07 Å². The Labute approximate surface area is 169 Å². The lowest BCUT2D eigenvalue weighted by Crippen LogP contribution is -2.25. The number of rotatable bonds is 7. The van der Waals surface area contributed by atoms with Crippen molar-refractivity contribution in [1.29, 1.82) is 0 Å². The number of ether oxygens (including phenoxy) is 2. The summed E-state index contributed by atoms with van der Waals surface area (Å²) in [6.45, 7) is 2.31. The molecule has 1 amide bonds. The number of benzene rings is 1. The minimum atomic E-state index is -3.98. The van der Waals surface area contributed by atoms with Gasteiger partial charge in [0.15, 0.2) is 0 Å². The van der Waals surface area contributed by atoms with Gasteiger partial charge in [-0.3, -0.25) is 9.52 Å². The zero-order valence-electron chi connectivity index (χ0n) is 16.1. The standard InChI is InChI=1S/C19H24N2O5S2/c1-4-20-18(22)17-13-7-5-6-8-15(13)27-19(17)21-28(23,24)16-11-12(25-2)9-10-14(16)26-3/h9-11,21H,4-8H2,1-3H3,(H,20,22). The first-order chi connectivity index (χ1) is 13.4. The maximum absolute atomic E-state index is 13.1. The van der Waals surface area contributed by atoms with E-state index in [4.69, 9.17) is 9.47 Å². The Morgan fingerprint density at radius 2 is 1.93 bits per heavy atom. The third-order valence-electron chi connectivity index (χ3n) is 4.62. The quantitative estimate of drug-likeness (QED) is 0.712. The molecular formula is C19H24N2O5S2. The highest BCUT2D eigenvalue weighted by Gasteiger charge is 2.29. The molecule has 1 aromatic carbocycles. The second-order valence-corrected chi connectivity index (χ2v) is 9.15. The van der Waals surface area contributed by atoms with Gasteiger partial charge in [0.1, 0.15) is 21.4 Å². The summed E-state index contributed by atoms with van der Waals surface area (Å²) in [6, 6.07) is 4.57. The van der Waals surface area contributed by atoms with Crippen molar-refractivity contribution < 1.29 is 22.7 Å². The van der Waals surface area contributed by atoms with Crippen LogP contribution >= 0.6 is 11.3 Å². The Bertz CT molecular complexity index is 982. The van der Waals surface area contributed by atoms with Gasteiger partial charge in [-0.05, 0) is 50.3 Å². The fraction of sp³-hybridized carbons (Fsp3) is 0.421. The Morgan fingerprint density at radius 3 is 2.61 bits per heavy atom. The summed E-state index contributed by atoms with van der Waals surface area (Å²) in [5.74, 6) is 0.349. The van der Waals surface area contributed by atoms with Crippen LogP contribution in [0.1, 0.15) is 40.6 Å². The van der Waals surface area contributed by atoms with Gasteiger partial charge in [-0.15, -0.1) is 11.3 Å². The molecule has 28 heavy (non-hydrogen) atoms. The average Bonchev–Trinajstić information content (AvgIpc) is 3.04. The van der Waals surface area contributed by atoms with Gasteiger partial charge in [0.05, 0.1) is 19.8 Å². The molecule has 0 atom stereocenters. The van der Waals surface area contributed by atoms with Crippen LogP contribution in [-0.2, 0) is 22.9 Å². The van der Waals surface area contributed by atoms with Crippen LogP contribution in [0.25, 0.3) is 0 Å². The predicted octanol–water partition coefficient (Wildman–Crippen LogP) is 3.19. The molecule has 0 saturated carbocycles. The highest BCUT2D eigenvalue weighted by Crippen LogP contribution is 2.40. The summed E-state index contributed by atoms with van der Waals surface area (Å²) in [6.07, 6.45) is 3.67. The number of thiophene rings is 1. The molecule has 3 rings (SSSR count). The van der Waals surface area contributed by atoms with Gasteiger partial charge in [0.25, 0.3) is 15.9 Å². The highest BCUT2D eigenvalue weighted by molar-refractivity contribution is 7.93. The van der Waals surface area contributed by atoms with E-state index in [2.05, 4.69) is 10.0 Å². The predicted molar refractivity (Wildman–Crippen MR) is 109 cm³/mol. The molecule has 1 aromatic heterocycles. The van der Waals surface area contributed by atoms with Crippen molar-refractivity contribution in [3.05, 3.63) is 34.2 Å². The monoisotopic (exact) mass is 424 g/mol. The van der Waals surface area contributed by atoms with E-state index in [0.29, 0.717) is 22.9 Å². The first kappa shape index (κ1) is 20.5. The molecule has 0 unspecified atom stereocenters. The summed E-state index contributed by atoms with van der Waals surface area (Å²) in [4.78, 5) is 13.7. The maximum Gasteiger partial charge on any atom is 0.266 e. The van der Waals surface area contributed by atoms with E-state index in [-0.39, 0.29) is 16.6 Å². The molecule has 7 nitrogen and oxygen atoms in total. The van der Waals surface area contributed by atoms with Crippen LogP contribution in [0.5, 0.6) is 11.5 Å². The maximum atomic E-state index is 13.1. The van der Waals surface area contributed by atoms with Crippen molar-refractivity contribution in [2.24, 2.45) is 0 Å². The van der Waals surface area contributed by atoms with E-state index in [1.165, 1.54) is 37.7 Å². The first-order valence-corrected chi connectivity index (χ1v) is 11.4. The van der Waals surface area contributed by atoms with Crippen molar-refractivity contribution in [3.8, 4) is 11.5 Å². The summed E-state index contributed by atoms with van der Waals surface area (Å²) in [7, 11) is -1.11. The largest absolute Gasteiger partial charge is 0.497 e. The van der Waals surface area contributed by atoms with Crippen LogP contribution in [0.4, 0.5) is 5.00 Å². The van der Waals surface area contributed by atoms with Gasteiger partial charge in [-0.1, -0.05) is 0 Å². The van der Waals surface area contributed by atoms with Crippen molar-refractivity contribution in [2.75, 3.05) is 25.5 Å². The van der Waals surface area contributed by atoms with Crippen LogP contribution in [0.2, 0.25) is 0 Å². The summed E-state index contributed by atoms with van der Waals surface area (Å²) in [5, 5.41) is 3.14. The van der Waals surface area contributed by atoms with Crippen molar-refractivity contribution in [1.82, 2.24) is 5.32 Å². The SMILES string of the molecule is CCNC(=O)c1c(NS(=O)(=O)c2cc(OC)ccc2OC)sc2c1CCCC2. The van der Waals surface area contributed by atoms with Gasteiger partial charge in [-0.2, -0.15) is 0 Å². The molecular weight excluding hydrogens is 400 g/mol. The van der Waals surface area contributed by atoms with Gasteiger partial charge >= 0.3 is 0 Å². The topological polar surface area (TPSA) is 93.7 Å². The van der Waals surface area contributed by atoms with E-state index in [9.17, 15) is 13.2 Å². The number of nitrogens with one attached hydrogen (secondary N) is 2. The van der Waals surface area contributed by atoms with Gasteiger partial charge in [0, 0.05) is 17.5 Å². The number of anilines is 1. The van der Waals surface area contributed by atoms with E-state index >= 15 is 0 Å². The Morgan fingerprint density at radius 1 is 1.18 bits per heavy atom. The average molecular weight is 425 g/mol. The third-order valence-corrected chi connectivity index (χ3v) is 7.33. The Balaban J connectivity index is 2.06. The molecule has 9 heteroatoms.